The van der Waals surface area contributed by atoms with Gasteiger partial charge in [0.15, 0.2) is 0 Å². The molecule has 5 heteroatoms. The van der Waals surface area contributed by atoms with Gasteiger partial charge in [0.2, 0.25) is 0 Å². The second-order valence-electron chi connectivity index (χ2n) is 4.44. The average Bonchev–Trinajstić information content (AvgIpc) is 2.51. The third-order valence-electron chi connectivity index (χ3n) is 3.11. The quantitative estimate of drug-likeness (QED) is 0.865. The van der Waals surface area contributed by atoms with Crippen LogP contribution in [-0.2, 0) is 6.54 Å². The molecule has 0 bridgehead atoms. The molecule has 0 radical (unpaired) electrons. The van der Waals surface area contributed by atoms with Gasteiger partial charge in [-0.3, -0.25) is 4.90 Å². The van der Waals surface area contributed by atoms with Gasteiger partial charge in [-0.05, 0) is 57.7 Å². The molecule has 0 saturated carbocycles. The minimum Gasteiger partial charge on any atom is -0.328 e. The Morgan fingerprint density at radius 3 is 2.88 bits per heavy atom. The molecule has 1 aliphatic heterocycles. The van der Waals surface area contributed by atoms with Crippen molar-refractivity contribution in [3.05, 3.63) is 19.2 Å². The molecule has 0 aliphatic carbocycles. The van der Waals surface area contributed by atoms with Crippen LogP contribution in [0.5, 0.6) is 0 Å². The second-order valence-corrected chi connectivity index (χ2v) is 7.75. The Morgan fingerprint density at radius 1 is 1.56 bits per heavy atom. The van der Waals surface area contributed by atoms with Crippen LogP contribution in [0.1, 0.15) is 24.6 Å². The fraction of sp³-hybridized carbons (Fsp3) is 0.636. The predicted octanol–water partition coefficient (Wildman–Crippen LogP) is 3.58. The molecule has 0 amide bonds. The van der Waals surface area contributed by atoms with E-state index in [2.05, 4.69) is 49.7 Å². The predicted molar refractivity (Wildman–Crippen MR) is 76.8 cm³/mol. The smallest absolute Gasteiger partial charge is 0.0843 e. The van der Waals surface area contributed by atoms with Crippen LogP contribution >= 0.6 is 43.2 Å². The van der Waals surface area contributed by atoms with Crippen molar-refractivity contribution in [1.29, 1.82) is 0 Å². The lowest BCUT2D eigenvalue weighted by Gasteiger charge is -2.36. The van der Waals surface area contributed by atoms with Gasteiger partial charge in [0, 0.05) is 34.5 Å². The highest BCUT2D eigenvalue weighted by atomic mass is 79.9. The summed E-state index contributed by atoms with van der Waals surface area (Å²) in [4.78, 5) is 3.93. The van der Waals surface area contributed by atoms with Gasteiger partial charge in [0.1, 0.15) is 0 Å². The van der Waals surface area contributed by atoms with Crippen LogP contribution < -0.4 is 5.73 Å². The molecule has 2 atom stereocenters. The molecule has 1 aromatic heterocycles. The van der Waals surface area contributed by atoms with Crippen molar-refractivity contribution in [2.75, 3.05) is 6.54 Å². The van der Waals surface area contributed by atoms with Crippen LogP contribution in [0.25, 0.3) is 0 Å². The lowest BCUT2D eigenvalue weighted by atomic mass is 9.99. The normalized spacial score (nSPS) is 27.2. The fourth-order valence-corrected chi connectivity index (χ4v) is 4.36. The lowest BCUT2D eigenvalue weighted by Crippen LogP contribution is -2.44. The molecule has 0 spiro atoms. The van der Waals surface area contributed by atoms with E-state index >= 15 is 0 Å². The van der Waals surface area contributed by atoms with Gasteiger partial charge in [-0.15, -0.1) is 11.3 Å². The van der Waals surface area contributed by atoms with E-state index < -0.39 is 0 Å². The number of piperidine rings is 1. The number of hydrogen-bond acceptors (Lipinski definition) is 3. The molecule has 2 nitrogen and oxygen atoms in total. The molecular formula is C11H16Br2N2S. The highest BCUT2D eigenvalue weighted by Gasteiger charge is 2.23. The van der Waals surface area contributed by atoms with Crippen LogP contribution in [0, 0.1) is 0 Å². The number of nitrogens with two attached hydrogens (primary N) is 1. The standard InChI is InChI=1S/C11H16Br2N2S/c1-7-4-8(14)2-3-15(7)6-9-5-10(12)11(13)16-9/h5,7-8H,2-4,6,14H2,1H3. The van der Waals surface area contributed by atoms with Crippen molar-refractivity contribution >= 4 is 43.2 Å². The SMILES string of the molecule is CC1CC(N)CCN1Cc1cc(Br)c(Br)s1. The van der Waals surface area contributed by atoms with E-state index in [1.54, 1.807) is 0 Å². The van der Waals surface area contributed by atoms with Crippen LogP contribution in [0.2, 0.25) is 0 Å². The van der Waals surface area contributed by atoms with Gasteiger partial charge in [0.05, 0.1) is 3.79 Å². The molecule has 1 aromatic rings. The van der Waals surface area contributed by atoms with Gasteiger partial charge in [-0.1, -0.05) is 0 Å². The number of likely N-dealkylation sites (tertiary alicyclic amines) is 1. The van der Waals surface area contributed by atoms with Crippen LogP contribution in [0.15, 0.2) is 14.3 Å². The van der Waals surface area contributed by atoms with Crippen molar-refractivity contribution in [2.45, 2.75) is 38.4 Å². The first-order valence-electron chi connectivity index (χ1n) is 5.49. The first-order valence-corrected chi connectivity index (χ1v) is 7.90. The Morgan fingerprint density at radius 2 is 2.31 bits per heavy atom. The van der Waals surface area contributed by atoms with Gasteiger partial charge in [-0.25, -0.2) is 0 Å². The average molecular weight is 368 g/mol. The number of thiophene rings is 1. The zero-order valence-electron chi connectivity index (χ0n) is 9.25. The van der Waals surface area contributed by atoms with E-state index in [0.717, 1.165) is 30.4 Å². The second kappa shape index (κ2) is 5.48. The van der Waals surface area contributed by atoms with Crippen molar-refractivity contribution in [3.63, 3.8) is 0 Å². The molecule has 2 rings (SSSR count). The summed E-state index contributed by atoms with van der Waals surface area (Å²) in [5.74, 6) is 0. The summed E-state index contributed by atoms with van der Waals surface area (Å²) < 4.78 is 2.35. The number of hydrogen-bond donors (Lipinski definition) is 1. The Balaban J connectivity index is 1.99. The van der Waals surface area contributed by atoms with E-state index in [1.807, 2.05) is 11.3 Å². The molecular weight excluding hydrogens is 352 g/mol. The maximum Gasteiger partial charge on any atom is 0.0843 e. The van der Waals surface area contributed by atoms with Gasteiger partial charge in [0.25, 0.3) is 0 Å². The number of nitrogens with zero attached hydrogens (tertiary/aromatic N) is 1. The van der Waals surface area contributed by atoms with Crippen LogP contribution in [0.4, 0.5) is 0 Å². The lowest BCUT2D eigenvalue weighted by molar-refractivity contribution is 0.141. The summed E-state index contributed by atoms with van der Waals surface area (Å²) in [5, 5.41) is 0. The minimum absolute atomic E-state index is 0.396. The maximum atomic E-state index is 5.97. The zero-order chi connectivity index (χ0) is 11.7. The Hall–Kier alpha value is 0.580. The largest absolute Gasteiger partial charge is 0.328 e. The maximum absolute atomic E-state index is 5.97. The summed E-state index contributed by atoms with van der Waals surface area (Å²) in [6.07, 6.45) is 2.24. The number of rotatable bonds is 2. The minimum atomic E-state index is 0.396. The summed E-state index contributed by atoms with van der Waals surface area (Å²) >= 11 is 8.88. The summed E-state index contributed by atoms with van der Waals surface area (Å²) in [6.45, 7) is 4.44. The first-order chi connectivity index (χ1) is 7.56. The molecule has 0 aromatic carbocycles. The van der Waals surface area contributed by atoms with Gasteiger partial charge in [-0.2, -0.15) is 0 Å². The summed E-state index contributed by atoms with van der Waals surface area (Å²) in [6, 6.07) is 3.20. The van der Waals surface area contributed by atoms with E-state index in [-0.39, 0.29) is 0 Å². The van der Waals surface area contributed by atoms with Crippen LogP contribution in [-0.4, -0.2) is 23.5 Å². The first kappa shape index (κ1) is 13.0. The van der Waals surface area contributed by atoms with E-state index in [1.165, 1.54) is 8.66 Å². The molecule has 2 heterocycles. The highest BCUT2D eigenvalue weighted by Crippen LogP contribution is 2.33. The highest BCUT2D eigenvalue weighted by molar-refractivity contribution is 9.13. The Bertz CT molecular complexity index is 347. The van der Waals surface area contributed by atoms with Gasteiger partial charge < -0.3 is 5.73 Å². The summed E-state index contributed by atoms with van der Waals surface area (Å²) in [5.41, 5.74) is 5.97. The van der Waals surface area contributed by atoms with Crippen LogP contribution in [0.3, 0.4) is 0 Å². The van der Waals surface area contributed by atoms with Gasteiger partial charge >= 0.3 is 0 Å². The molecule has 2 unspecified atom stereocenters. The zero-order valence-corrected chi connectivity index (χ0v) is 13.2. The van der Waals surface area contributed by atoms with E-state index in [4.69, 9.17) is 5.73 Å². The fourth-order valence-electron chi connectivity index (χ4n) is 2.16. The van der Waals surface area contributed by atoms with Crippen molar-refractivity contribution in [3.8, 4) is 0 Å². The number of halogens is 2. The third kappa shape index (κ3) is 3.07. The molecule has 1 saturated heterocycles. The molecule has 2 N–H and O–H groups in total. The molecule has 90 valence electrons. The van der Waals surface area contributed by atoms with E-state index in [9.17, 15) is 0 Å². The topological polar surface area (TPSA) is 29.3 Å². The van der Waals surface area contributed by atoms with Crippen molar-refractivity contribution < 1.29 is 0 Å². The Kier molecular flexibility index (Phi) is 4.46. The molecule has 1 aliphatic rings. The third-order valence-corrected chi connectivity index (χ3v) is 6.35. The Labute approximate surface area is 117 Å². The van der Waals surface area contributed by atoms with Crippen molar-refractivity contribution in [1.82, 2.24) is 4.90 Å². The van der Waals surface area contributed by atoms with E-state index in [0.29, 0.717) is 12.1 Å². The molecule has 16 heavy (non-hydrogen) atoms. The van der Waals surface area contributed by atoms with Crippen molar-refractivity contribution in [2.24, 2.45) is 5.73 Å². The monoisotopic (exact) mass is 366 g/mol. The summed E-state index contributed by atoms with van der Waals surface area (Å²) in [7, 11) is 0. The molecule has 1 fully saturated rings.